The van der Waals surface area contributed by atoms with Crippen LogP contribution in [0.15, 0.2) is 57.9 Å². The molecule has 154 valence electrons. The molecule has 1 heterocycles. The number of aromatic nitrogens is 1. The van der Waals surface area contributed by atoms with Gasteiger partial charge in [-0.3, -0.25) is 4.31 Å². The highest BCUT2D eigenvalue weighted by molar-refractivity contribution is 7.92. The van der Waals surface area contributed by atoms with Gasteiger partial charge in [0.15, 0.2) is 10.7 Å². The molecule has 0 fully saturated rings. The smallest absolute Gasteiger partial charge is 0.270 e. The van der Waals surface area contributed by atoms with Gasteiger partial charge in [0.05, 0.1) is 19.3 Å². The Morgan fingerprint density at radius 1 is 0.966 bits per heavy atom. The molecule has 7 nitrogen and oxygen atoms in total. The molecule has 29 heavy (non-hydrogen) atoms. The first-order chi connectivity index (χ1) is 13.7. The molecule has 0 atom stereocenters. The maximum Gasteiger partial charge on any atom is 0.270 e. The van der Waals surface area contributed by atoms with Crippen LogP contribution in [0.5, 0.6) is 5.75 Å². The predicted molar refractivity (Wildman–Crippen MR) is 113 cm³/mol. The van der Waals surface area contributed by atoms with Gasteiger partial charge in [-0.25, -0.2) is 8.42 Å². The number of sulfonamides is 1. The lowest BCUT2D eigenvalue weighted by atomic mass is 10.2. The third-order valence-corrected chi connectivity index (χ3v) is 6.67. The van der Waals surface area contributed by atoms with E-state index >= 15 is 0 Å². The molecular weight excluding hydrogens is 390 g/mol. The van der Waals surface area contributed by atoms with Gasteiger partial charge >= 0.3 is 0 Å². The molecule has 1 aromatic heterocycles. The number of methoxy groups -OCH3 is 1. The monoisotopic (exact) mass is 415 g/mol. The summed E-state index contributed by atoms with van der Waals surface area (Å²) in [6.45, 7) is 3.40. The third-order valence-electron chi connectivity index (χ3n) is 4.66. The molecule has 0 saturated carbocycles. The van der Waals surface area contributed by atoms with E-state index in [1.165, 1.54) is 4.31 Å². The second kappa shape index (κ2) is 8.16. The fourth-order valence-electron chi connectivity index (χ4n) is 3.08. The lowest BCUT2D eigenvalue weighted by Gasteiger charge is -2.25. The minimum atomic E-state index is -3.89. The summed E-state index contributed by atoms with van der Waals surface area (Å²) < 4.78 is 38.8. The summed E-state index contributed by atoms with van der Waals surface area (Å²) in [5, 5.41) is 3.82. The molecule has 0 spiro atoms. The van der Waals surface area contributed by atoms with E-state index in [4.69, 9.17) is 9.26 Å². The molecule has 0 aliphatic rings. The Kier molecular flexibility index (Phi) is 5.83. The van der Waals surface area contributed by atoms with E-state index in [2.05, 4.69) is 5.16 Å². The van der Waals surface area contributed by atoms with Crippen molar-refractivity contribution >= 4 is 21.4 Å². The third kappa shape index (κ3) is 4.22. The zero-order chi connectivity index (χ0) is 21.2. The van der Waals surface area contributed by atoms with Gasteiger partial charge in [-0.05, 0) is 55.8 Å². The lowest BCUT2D eigenvalue weighted by Crippen LogP contribution is -2.31. The second-order valence-corrected chi connectivity index (χ2v) is 8.72. The van der Waals surface area contributed by atoms with Crippen molar-refractivity contribution in [2.24, 2.45) is 0 Å². The minimum Gasteiger partial charge on any atom is -0.497 e. The first kappa shape index (κ1) is 20.7. The summed E-state index contributed by atoms with van der Waals surface area (Å²) in [5.74, 6) is 0.919. The topological polar surface area (TPSA) is 75.9 Å². The van der Waals surface area contributed by atoms with Crippen LogP contribution in [0.25, 0.3) is 0 Å². The highest BCUT2D eigenvalue weighted by Gasteiger charge is 2.31. The fraction of sp³-hybridized carbons (Fsp3) is 0.286. The zero-order valence-electron chi connectivity index (χ0n) is 17.2. The maximum absolute atomic E-state index is 13.6. The Morgan fingerprint density at radius 2 is 1.55 bits per heavy atom. The van der Waals surface area contributed by atoms with Crippen molar-refractivity contribution in [3.05, 3.63) is 65.5 Å². The van der Waals surface area contributed by atoms with Gasteiger partial charge in [-0.15, -0.1) is 0 Å². The summed E-state index contributed by atoms with van der Waals surface area (Å²) in [6.07, 6.45) is 0. The van der Waals surface area contributed by atoms with E-state index in [0.717, 1.165) is 11.3 Å². The highest BCUT2D eigenvalue weighted by Crippen LogP contribution is 2.31. The van der Waals surface area contributed by atoms with Crippen LogP contribution in [0.4, 0.5) is 11.4 Å². The standard InChI is InChI=1S/C21H25N3O4S/c1-15-21(16(2)28-22-15)29(25,26)24(19-10-12-20(27-5)13-11-19)14-17-6-8-18(9-7-17)23(3)4/h6-13H,14H2,1-5H3. The molecule has 3 aromatic rings. The van der Waals surface area contributed by atoms with Crippen molar-refractivity contribution < 1.29 is 17.7 Å². The number of ether oxygens (including phenoxy) is 1. The Hall–Kier alpha value is -3.00. The van der Waals surface area contributed by atoms with Crippen molar-refractivity contribution in [3.63, 3.8) is 0 Å². The number of nitrogens with zero attached hydrogens (tertiary/aromatic N) is 3. The molecule has 0 aliphatic carbocycles. The molecule has 0 N–H and O–H groups in total. The van der Waals surface area contributed by atoms with Gasteiger partial charge in [-0.1, -0.05) is 17.3 Å². The second-order valence-electron chi connectivity index (χ2n) is 6.92. The average molecular weight is 416 g/mol. The van der Waals surface area contributed by atoms with E-state index in [9.17, 15) is 8.42 Å². The Labute approximate surface area is 171 Å². The SMILES string of the molecule is COc1ccc(N(Cc2ccc(N(C)C)cc2)S(=O)(=O)c2c(C)noc2C)cc1. The molecule has 0 saturated heterocycles. The van der Waals surface area contributed by atoms with Gasteiger partial charge in [0.2, 0.25) is 0 Å². The van der Waals surface area contributed by atoms with Crippen LogP contribution >= 0.6 is 0 Å². The average Bonchev–Trinajstić information content (AvgIpc) is 3.05. The molecule has 3 rings (SSSR count). The van der Waals surface area contributed by atoms with E-state index in [1.54, 1.807) is 45.2 Å². The summed E-state index contributed by atoms with van der Waals surface area (Å²) in [5.41, 5.74) is 2.77. The molecule has 0 unspecified atom stereocenters. The Bertz CT molecular complexity index is 1050. The first-order valence-corrected chi connectivity index (χ1v) is 10.5. The van der Waals surface area contributed by atoms with Crippen LogP contribution in [0.3, 0.4) is 0 Å². The molecule has 0 amide bonds. The van der Waals surface area contributed by atoms with E-state index in [0.29, 0.717) is 17.1 Å². The number of rotatable bonds is 7. The first-order valence-electron chi connectivity index (χ1n) is 9.10. The number of hydrogen-bond acceptors (Lipinski definition) is 6. The molecule has 8 heteroatoms. The van der Waals surface area contributed by atoms with Crippen LogP contribution < -0.4 is 13.9 Å². The molecule has 0 aliphatic heterocycles. The van der Waals surface area contributed by atoms with Crippen molar-refractivity contribution in [3.8, 4) is 5.75 Å². The minimum absolute atomic E-state index is 0.0956. The number of aryl methyl sites for hydroxylation is 2. The van der Waals surface area contributed by atoms with Crippen molar-refractivity contribution in [2.75, 3.05) is 30.4 Å². The van der Waals surface area contributed by atoms with Gasteiger partial charge in [-0.2, -0.15) is 0 Å². The highest BCUT2D eigenvalue weighted by atomic mass is 32.2. The van der Waals surface area contributed by atoms with E-state index < -0.39 is 10.0 Å². The molecule has 0 bridgehead atoms. The fourth-order valence-corrected chi connectivity index (χ4v) is 4.83. The summed E-state index contributed by atoms with van der Waals surface area (Å²) in [6, 6.07) is 14.7. The lowest BCUT2D eigenvalue weighted by molar-refractivity contribution is 0.390. The van der Waals surface area contributed by atoms with Crippen molar-refractivity contribution in [2.45, 2.75) is 25.3 Å². The van der Waals surface area contributed by atoms with E-state index in [-0.39, 0.29) is 17.2 Å². The van der Waals surface area contributed by atoms with Gasteiger partial charge in [0.1, 0.15) is 11.4 Å². The Morgan fingerprint density at radius 3 is 2.03 bits per heavy atom. The van der Waals surface area contributed by atoms with Crippen molar-refractivity contribution in [1.82, 2.24) is 5.16 Å². The molecule has 2 aromatic carbocycles. The van der Waals surface area contributed by atoms with Crippen LogP contribution in [-0.4, -0.2) is 34.8 Å². The van der Waals surface area contributed by atoms with E-state index in [1.807, 2.05) is 43.3 Å². The number of anilines is 2. The number of benzene rings is 2. The van der Waals surface area contributed by atoms with Gasteiger partial charge < -0.3 is 14.2 Å². The van der Waals surface area contributed by atoms with Gasteiger partial charge in [0, 0.05) is 19.8 Å². The zero-order valence-corrected chi connectivity index (χ0v) is 18.0. The molecular formula is C21H25N3O4S. The predicted octanol–water partition coefficient (Wildman–Crippen LogP) is 3.76. The van der Waals surface area contributed by atoms with Crippen molar-refractivity contribution in [1.29, 1.82) is 0 Å². The normalized spacial score (nSPS) is 11.3. The van der Waals surface area contributed by atoms with Gasteiger partial charge in [0.25, 0.3) is 10.0 Å². The molecule has 0 radical (unpaired) electrons. The maximum atomic E-state index is 13.6. The summed E-state index contributed by atoms with van der Waals surface area (Å²) in [7, 11) is 1.60. The van der Waals surface area contributed by atoms with Crippen LogP contribution in [0.2, 0.25) is 0 Å². The quantitative estimate of drug-likeness (QED) is 0.585. The van der Waals surface area contributed by atoms with Crippen LogP contribution in [0, 0.1) is 13.8 Å². The summed E-state index contributed by atoms with van der Waals surface area (Å²) >= 11 is 0. The largest absolute Gasteiger partial charge is 0.497 e. The van der Waals surface area contributed by atoms with Crippen LogP contribution in [0.1, 0.15) is 17.0 Å². The Balaban J connectivity index is 2.06. The number of hydrogen-bond donors (Lipinski definition) is 0. The summed E-state index contributed by atoms with van der Waals surface area (Å²) in [4.78, 5) is 2.09. The van der Waals surface area contributed by atoms with Crippen LogP contribution in [-0.2, 0) is 16.6 Å².